The predicted octanol–water partition coefficient (Wildman–Crippen LogP) is 1.92. The van der Waals surface area contributed by atoms with E-state index in [1.165, 1.54) is 5.56 Å². The highest BCUT2D eigenvalue weighted by atomic mass is 127. The number of aryl methyl sites for hydroxylation is 2. The molecule has 0 fully saturated rings. The molecule has 0 aliphatic carbocycles. The average molecular weight is 379 g/mol. The summed E-state index contributed by atoms with van der Waals surface area (Å²) >= 11 is 0. The Morgan fingerprint density at radius 1 is 1.53 bits per heavy atom. The molecule has 0 aliphatic rings. The van der Waals surface area contributed by atoms with E-state index in [2.05, 4.69) is 29.3 Å². The number of aliphatic imine (C=N–C) groups is 1. The maximum atomic E-state index is 5.77. The third kappa shape index (κ3) is 8.85. The highest BCUT2D eigenvalue weighted by Crippen LogP contribution is 2.00. The van der Waals surface area contributed by atoms with E-state index in [9.17, 15) is 0 Å². The quantitative estimate of drug-likeness (QED) is 0.329. The second kappa shape index (κ2) is 10.1. The van der Waals surface area contributed by atoms with Crippen LogP contribution in [0.15, 0.2) is 17.4 Å². The molecule has 0 bridgehead atoms. The van der Waals surface area contributed by atoms with Crippen LogP contribution in [0, 0.1) is 5.92 Å². The van der Waals surface area contributed by atoms with Crippen LogP contribution in [0.1, 0.15) is 32.3 Å². The van der Waals surface area contributed by atoms with Crippen LogP contribution >= 0.6 is 24.0 Å². The number of nitrogens with one attached hydrogen (secondary N) is 1. The molecule has 0 aromatic carbocycles. The van der Waals surface area contributed by atoms with Gasteiger partial charge in [0.05, 0.1) is 6.20 Å². The van der Waals surface area contributed by atoms with E-state index < -0.39 is 0 Å². The number of rotatable bonds is 7. The fraction of sp³-hybridized carbons (Fsp3) is 0.692. The van der Waals surface area contributed by atoms with E-state index in [1.807, 2.05) is 24.1 Å². The highest BCUT2D eigenvalue weighted by Gasteiger charge is 1.97. The third-order valence-corrected chi connectivity index (χ3v) is 2.69. The van der Waals surface area contributed by atoms with Gasteiger partial charge in [-0.1, -0.05) is 13.8 Å². The molecule has 1 rings (SSSR count). The van der Waals surface area contributed by atoms with Gasteiger partial charge in [-0.2, -0.15) is 5.10 Å². The van der Waals surface area contributed by atoms with Crippen molar-refractivity contribution in [1.29, 1.82) is 0 Å². The second-order valence-electron chi connectivity index (χ2n) is 5.00. The molecule has 1 aromatic rings. The minimum Gasteiger partial charge on any atom is -0.370 e. The number of guanidine groups is 1. The first-order chi connectivity index (χ1) is 8.58. The Morgan fingerprint density at radius 2 is 2.26 bits per heavy atom. The van der Waals surface area contributed by atoms with Crippen LogP contribution in [-0.4, -0.2) is 28.8 Å². The van der Waals surface area contributed by atoms with Crippen molar-refractivity contribution in [3.05, 3.63) is 18.0 Å². The lowest BCUT2D eigenvalue weighted by Crippen LogP contribution is -2.33. The van der Waals surface area contributed by atoms with E-state index in [4.69, 9.17) is 5.73 Å². The zero-order valence-electron chi connectivity index (χ0n) is 12.1. The Labute approximate surface area is 133 Å². The fourth-order valence-electron chi connectivity index (χ4n) is 1.63. The van der Waals surface area contributed by atoms with Gasteiger partial charge >= 0.3 is 0 Å². The van der Waals surface area contributed by atoms with Crippen molar-refractivity contribution in [1.82, 2.24) is 15.1 Å². The van der Waals surface area contributed by atoms with Gasteiger partial charge in [0.15, 0.2) is 5.96 Å². The standard InChI is InChI=1S/C13H25N5.HI/c1-11(2)6-8-16-13(14)15-7-4-5-12-9-17-18(3)10-12;/h9-11H,4-8H2,1-3H3,(H3,14,15,16);1H. The van der Waals surface area contributed by atoms with Crippen LogP contribution in [0.2, 0.25) is 0 Å². The van der Waals surface area contributed by atoms with Crippen molar-refractivity contribution in [2.24, 2.45) is 23.7 Å². The van der Waals surface area contributed by atoms with Crippen molar-refractivity contribution < 1.29 is 0 Å². The zero-order valence-corrected chi connectivity index (χ0v) is 14.4. The Balaban J connectivity index is 0.00000324. The van der Waals surface area contributed by atoms with Crippen LogP contribution in [0.25, 0.3) is 0 Å². The molecule has 1 heterocycles. The number of hydrogen-bond acceptors (Lipinski definition) is 2. The van der Waals surface area contributed by atoms with E-state index >= 15 is 0 Å². The zero-order chi connectivity index (χ0) is 13.4. The molecule has 1 aromatic heterocycles. The SMILES string of the molecule is CC(C)CCNC(N)=NCCCc1cnn(C)c1.I. The Bertz CT molecular complexity index is 373. The van der Waals surface area contributed by atoms with Crippen molar-refractivity contribution in [3.8, 4) is 0 Å². The Hall–Kier alpha value is -0.790. The van der Waals surface area contributed by atoms with Crippen LogP contribution < -0.4 is 11.1 Å². The van der Waals surface area contributed by atoms with Gasteiger partial charge in [-0.05, 0) is 30.7 Å². The van der Waals surface area contributed by atoms with Gasteiger partial charge in [0.2, 0.25) is 0 Å². The molecule has 0 amide bonds. The Morgan fingerprint density at radius 3 is 2.84 bits per heavy atom. The molecule has 0 aliphatic heterocycles. The van der Waals surface area contributed by atoms with Gasteiger partial charge in [0.25, 0.3) is 0 Å². The van der Waals surface area contributed by atoms with E-state index in [0.29, 0.717) is 11.9 Å². The van der Waals surface area contributed by atoms with Gasteiger partial charge in [-0.3, -0.25) is 9.67 Å². The third-order valence-electron chi connectivity index (χ3n) is 2.69. The summed E-state index contributed by atoms with van der Waals surface area (Å²) < 4.78 is 1.82. The number of aromatic nitrogens is 2. The summed E-state index contributed by atoms with van der Waals surface area (Å²) in [7, 11) is 1.93. The maximum absolute atomic E-state index is 5.77. The fourth-order valence-corrected chi connectivity index (χ4v) is 1.63. The monoisotopic (exact) mass is 379 g/mol. The number of halogens is 1. The molecular formula is C13H26IN5. The first-order valence-electron chi connectivity index (χ1n) is 6.59. The summed E-state index contributed by atoms with van der Waals surface area (Å²) in [6, 6.07) is 0. The molecule has 0 saturated heterocycles. The van der Waals surface area contributed by atoms with Crippen LogP contribution in [0.4, 0.5) is 0 Å². The first-order valence-corrected chi connectivity index (χ1v) is 6.59. The van der Waals surface area contributed by atoms with Crippen LogP contribution in [-0.2, 0) is 13.5 Å². The molecule has 0 radical (unpaired) electrons. The molecule has 3 N–H and O–H groups in total. The predicted molar refractivity (Wildman–Crippen MR) is 90.9 cm³/mol. The lowest BCUT2D eigenvalue weighted by molar-refractivity contribution is 0.576. The minimum absolute atomic E-state index is 0. The van der Waals surface area contributed by atoms with Gasteiger partial charge in [-0.15, -0.1) is 24.0 Å². The van der Waals surface area contributed by atoms with Crippen molar-refractivity contribution in [3.63, 3.8) is 0 Å². The maximum Gasteiger partial charge on any atom is 0.188 e. The van der Waals surface area contributed by atoms with Crippen LogP contribution in [0.3, 0.4) is 0 Å². The second-order valence-corrected chi connectivity index (χ2v) is 5.00. The summed E-state index contributed by atoms with van der Waals surface area (Å²) in [6.45, 7) is 6.05. The van der Waals surface area contributed by atoms with E-state index in [-0.39, 0.29) is 24.0 Å². The number of nitrogens with zero attached hydrogens (tertiary/aromatic N) is 3. The number of hydrogen-bond donors (Lipinski definition) is 2. The minimum atomic E-state index is 0. The summed E-state index contributed by atoms with van der Waals surface area (Å²) in [4.78, 5) is 4.30. The smallest absolute Gasteiger partial charge is 0.188 e. The van der Waals surface area contributed by atoms with E-state index in [0.717, 1.165) is 32.4 Å². The molecule has 110 valence electrons. The molecule has 6 heteroatoms. The molecule has 0 saturated carbocycles. The Kier molecular flexibility index (Phi) is 9.63. The summed E-state index contributed by atoms with van der Waals surface area (Å²) in [5.41, 5.74) is 7.02. The summed E-state index contributed by atoms with van der Waals surface area (Å²) in [5, 5.41) is 7.26. The molecule has 0 spiro atoms. The van der Waals surface area contributed by atoms with Gasteiger partial charge in [0, 0.05) is 26.3 Å². The first kappa shape index (κ1) is 18.2. The normalized spacial score (nSPS) is 11.5. The van der Waals surface area contributed by atoms with E-state index in [1.54, 1.807) is 0 Å². The van der Waals surface area contributed by atoms with Crippen molar-refractivity contribution >= 4 is 29.9 Å². The largest absolute Gasteiger partial charge is 0.370 e. The van der Waals surface area contributed by atoms with Crippen molar-refractivity contribution in [2.75, 3.05) is 13.1 Å². The topological polar surface area (TPSA) is 68.2 Å². The summed E-state index contributed by atoms with van der Waals surface area (Å²) in [5.74, 6) is 1.25. The lowest BCUT2D eigenvalue weighted by atomic mass is 10.1. The lowest BCUT2D eigenvalue weighted by Gasteiger charge is -2.07. The molecule has 0 unspecified atom stereocenters. The van der Waals surface area contributed by atoms with Gasteiger partial charge in [0.1, 0.15) is 0 Å². The highest BCUT2D eigenvalue weighted by molar-refractivity contribution is 14.0. The van der Waals surface area contributed by atoms with Crippen molar-refractivity contribution in [2.45, 2.75) is 33.1 Å². The van der Waals surface area contributed by atoms with Gasteiger partial charge in [-0.25, -0.2) is 0 Å². The van der Waals surface area contributed by atoms with Crippen LogP contribution in [0.5, 0.6) is 0 Å². The summed E-state index contributed by atoms with van der Waals surface area (Å²) in [6.07, 6.45) is 7.04. The van der Waals surface area contributed by atoms with Gasteiger partial charge < -0.3 is 11.1 Å². The average Bonchev–Trinajstić information content (AvgIpc) is 2.70. The molecular weight excluding hydrogens is 353 g/mol. The number of nitrogens with two attached hydrogens (primary N) is 1. The molecule has 0 atom stereocenters. The molecule has 5 nitrogen and oxygen atoms in total. The molecule has 19 heavy (non-hydrogen) atoms.